The van der Waals surface area contributed by atoms with Gasteiger partial charge in [0.15, 0.2) is 0 Å². The molecule has 0 saturated heterocycles. The van der Waals surface area contributed by atoms with Gasteiger partial charge in [-0.3, -0.25) is 4.79 Å². The monoisotopic (exact) mass is 400 g/mol. The van der Waals surface area contributed by atoms with E-state index in [0.717, 1.165) is 17.8 Å². The first-order chi connectivity index (χ1) is 13.3. The molecule has 6 heteroatoms. The zero-order valence-corrected chi connectivity index (χ0v) is 17.1. The van der Waals surface area contributed by atoms with Crippen molar-refractivity contribution < 1.29 is 13.2 Å². The van der Waals surface area contributed by atoms with Crippen molar-refractivity contribution in [1.29, 1.82) is 0 Å². The van der Waals surface area contributed by atoms with Gasteiger partial charge in [0.1, 0.15) is 0 Å². The minimum atomic E-state index is -3.72. The van der Waals surface area contributed by atoms with E-state index in [1.54, 1.807) is 12.1 Å². The van der Waals surface area contributed by atoms with E-state index < -0.39 is 10.0 Å². The molecule has 4 aliphatic rings. The number of amides is 1. The summed E-state index contributed by atoms with van der Waals surface area (Å²) in [5, 5.41) is 3.19. The highest BCUT2D eigenvalue weighted by Gasteiger charge is 2.53. The number of benzene rings is 1. The Morgan fingerprint density at radius 2 is 1.82 bits per heavy atom. The first kappa shape index (κ1) is 19.5. The highest BCUT2D eigenvalue weighted by molar-refractivity contribution is 7.89. The molecule has 0 radical (unpaired) electrons. The lowest BCUT2D eigenvalue weighted by Gasteiger charge is -2.59. The average molecular weight is 401 g/mol. The van der Waals surface area contributed by atoms with Gasteiger partial charge in [-0.15, -0.1) is 6.42 Å². The van der Waals surface area contributed by atoms with Crippen molar-refractivity contribution in [2.45, 2.75) is 56.4 Å². The van der Waals surface area contributed by atoms with E-state index in [2.05, 4.69) is 22.9 Å². The van der Waals surface area contributed by atoms with Crippen molar-refractivity contribution in [2.24, 2.45) is 23.2 Å². The van der Waals surface area contributed by atoms with Gasteiger partial charge in [0.25, 0.3) is 5.91 Å². The third-order valence-corrected chi connectivity index (χ3v) is 8.52. The topological polar surface area (TPSA) is 75.3 Å². The molecule has 5 nitrogen and oxygen atoms in total. The van der Waals surface area contributed by atoms with Gasteiger partial charge in [0, 0.05) is 11.6 Å². The summed E-state index contributed by atoms with van der Waals surface area (Å²) in [7, 11) is -3.72. The molecule has 4 aliphatic carbocycles. The Labute approximate surface area is 167 Å². The Kier molecular flexibility index (Phi) is 5.01. The van der Waals surface area contributed by atoms with E-state index in [1.807, 2.05) is 0 Å². The van der Waals surface area contributed by atoms with Crippen LogP contribution in [0.3, 0.4) is 0 Å². The quantitative estimate of drug-likeness (QED) is 0.721. The summed E-state index contributed by atoms with van der Waals surface area (Å²) in [4.78, 5) is 12.9. The van der Waals surface area contributed by atoms with Crippen LogP contribution in [-0.2, 0) is 10.0 Å². The smallest absolute Gasteiger partial charge is 0.251 e. The fourth-order valence-electron chi connectivity index (χ4n) is 6.17. The summed E-state index contributed by atoms with van der Waals surface area (Å²) < 4.78 is 26.9. The van der Waals surface area contributed by atoms with Gasteiger partial charge < -0.3 is 5.32 Å². The number of carbonyl (C=O) groups excluding carboxylic acids is 1. The molecule has 1 atom stereocenters. The third-order valence-electron chi connectivity index (χ3n) is 7.12. The molecule has 28 heavy (non-hydrogen) atoms. The Morgan fingerprint density at radius 3 is 2.39 bits per heavy atom. The number of terminal acetylenes is 1. The van der Waals surface area contributed by atoms with E-state index >= 15 is 0 Å². The Bertz CT molecular complexity index is 881. The molecule has 0 aliphatic heterocycles. The molecule has 4 bridgehead atoms. The summed E-state index contributed by atoms with van der Waals surface area (Å²) in [5.41, 5.74) is 0.572. The predicted molar refractivity (Wildman–Crippen MR) is 108 cm³/mol. The molecule has 0 unspecified atom stereocenters. The highest BCUT2D eigenvalue weighted by atomic mass is 32.2. The Hall–Kier alpha value is -1.84. The maximum atomic E-state index is 12.9. The molecular formula is C22H28N2O3S. The normalized spacial score (nSPS) is 31.9. The Morgan fingerprint density at radius 1 is 1.21 bits per heavy atom. The molecule has 5 rings (SSSR count). The maximum Gasteiger partial charge on any atom is 0.251 e. The van der Waals surface area contributed by atoms with E-state index in [9.17, 15) is 13.2 Å². The van der Waals surface area contributed by atoms with E-state index in [0.29, 0.717) is 5.56 Å². The molecule has 2 N–H and O–H groups in total. The summed E-state index contributed by atoms with van der Waals surface area (Å²) in [6.45, 7) is 2.04. The summed E-state index contributed by atoms with van der Waals surface area (Å²) >= 11 is 0. The third kappa shape index (κ3) is 3.58. The van der Waals surface area contributed by atoms with E-state index in [4.69, 9.17) is 6.42 Å². The fourth-order valence-corrected chi connectivity index (χ4v) is 7.15. The van der Waals surface area contributed by atoms with Crippen molar-refractivity contribution >= 4 is 15.9 Å². The van der Waals surface area contributed by atoms with Gasteiger partial charge in [-0.05, 0) is 86.8 Å². The first-order valence-electron chi connectivity index (χ1n) is 10.2. The number of rotatable bonds is 6. The molecule has 0 aromatic heterocycles. The van der Waals surface area contributed by atoms with Crippen molar-refractivity contribution in [3.63, 3.8) is 0 Å². The van der Waals surface area contributed by atoms with Gasteiger partial charge in [-0.1, -0.05) is 12.0 Å². The second-order valence-electron chi connectivity index (χ2n) is 9.03. The van der Waals surface area contributed by atoms with Crippen LogP contribution in [0.5, 0.6) is 0 Å². The fraction of sp³-hybridized carbons (Fsp3) is 0.591. The minimum absolute atomic E-state index is 0.0536. The number of carbonyl (C=O) groups is 1. The molecule has 4 saturated carbocycles. The van der Waals surface area contributed by atoms with Gasteiger partial charge in [-0.25, -0.2) is 8.42 Å². The molecule has 4 fully saturated rings. The van der Waals surface area contributed by atoms with Crippen LogP contribution >= 0.6 is 0 Å². The lowest BCUT2D eigenvalue weighted by atomic mass is 9.48. The predicted octanol–water partition coefficient (Wildman–Crippen LogP) is 2.93. The molecule has 1 amide bonds. The lowest BCUT2D eigenvalue weighted by molar-refractivity contribution is -0.0688. The van der Waals surface area contributed by atoms with Crippen LogP contribution in [0.15, 0.2) is 29.2 Å². The van der Waals surface area contributed by atoms with E-state index in [1.165, 1.54) is 50.7 Å². The number of sulfonamides is 1. The Balaban J connectivity index is 1.48. The van der Waals surface area contributed by atoms with Crippen LogP contribution in [0.2, 0.25) is 0 Å². The lowest BCUT2D eigenvalue weighted by Crippen LogP contribution is -2.55. The van der Waals surface area contributed by atoms with Crippen LogP contribution in [0.1, 0.15) is 55.8 Å². The molecule has 0 spiro atoms. The van der Waals surface area contributed by atoms with Gasteiger partial charge in [-0.2, -0.15) is 4.72 Å². The molecule has 1 aromatic rings. The first-order valence-corrected chi connectivity index (χ1v) is 11.6. The van der Waals surface area contributed by atoms with Crippen molar-refractivity contribution in [3.8, 4) is 12.3 Å². The van der Waals surface area contributed by atoms with Crippen LogP contribution < -0.4 is 10.0 Å². The molecule has 0 heterocycles. The summed E-state index contributed by atoms with van der Waals surface area (Å²) in [6, 6.07) is 6.23. The second kappa shape index (κ2) is 7.20. The number of hydrogen-bond donors (Lipinski definition) is 2. The van der Waals surface area contributed by atoms with Crippen LogP contribution in [0.4, 0.5) is 0 Å². The molecule has 1 aromatic carbocycles. The number of hydrogen-bond acceptors (Lipinski definition) is 3. The van der Waals surface area contributed by atoms with Gasteiger partial charge in [0.05, 0.1) is 11.4 Å². The van der Waals surface area contributed by atoms with Crippen LogP contribution in [0.25, 0.3) is 0 Å². The van der Waals surface area contributed by atoms with Crippen molar-refractivity contribution in [3.05, 3.63) is 29.8 Å². The largest absolute Gasteiger partial charge is 0.349 e. The highest BCUT2D eigenvalue weighted by Crippen LogP contribution is 2.61. The minimum Gasteiger partial charge on any atom is -0.349 e. The van der Waals surface area contributed by atoms with Crippen molar-refractivity contribution in [2.75, 3.05) is 6.54 Å². The summed E-state index contributed by atoms with van der Waals surface area (Å²) in [5.74, 6) is 4.50. The average Bonchev–Trinajstić information content (AvgIpc) is 2.65. The maximum absolute atomic E-state index is 12.9. The van der Waals surface area contributed by atoms with Crippen LogP contribution in [0, 0.1) is 35.5 Å². The standard InChI is InChI=1S/C22H28N2O3S/c1-3-7-23-28(26,27)20-6-4-5-19(11-20)21(25)24-15(2)22-12-16-8-17(13-22)10-18(9-16)14-22/h1,4-6,11,15-18,23H,7-10,12-14H2,2H3,(H,24,25)/t15-,16?,17?,18?,22?/m1/s1. The van der Waals surface area contributed by atoms with E-state index in [-0.39, 0.29) is 28.8 Å². The van der Waals surface area contributed by atoms with Crippen molar-refractivity contribution in [1.82, 2.24) is 10.0 Å². The van der Waals surface area contributed by atoms with Gasteiger partial charge in [0.2, 0.25) is 10.0 Å². The zero-order chi connectivity index (χ0) is 19.9. The zero-order valence-electron chi connectivity index (χ0n) is 16.3. The van der Waals surface area contributed by atoms with Gasteiger partial charge >= 0.3 is 0 Å². The SMILES string of the molecule is C#CCNS(=O)(=O)c1cccc(C(=O)N[C@H](C)C23CC4CC(CC(C4)C2)C3)c1. The van der Waals surface area contributed by atoms with Crippen LogP contribution in [-0.4, -0.2) is 26.9 Å². The molecule has 150 valence electrons. The molecular weight excluding hydrogens is 372 g/mol. The number of nitrogens with one attached hydrogen (secondary N) is 2. The summed E-state index contributed by atoms with van der Waals surface area (Å²) in [6.07, 6.45) is 12.9. The second-order valence-corrected chi connectivity index (χ2v) is 10.8.